The van der Waals surface area contributed by atoms with Crippen LogP contribution in [0.1, 0.15) is 28.5 Å². The maximum atomic E-state index is 12.9. The van der Waals surface area contributed by atoms with Crippen molar-refractivity contribution >= 4 is 12.1 Å². The van der Waals surface area contributed by atoms with Crippen molar-refractivity contribution in [2.24, 2.45) is 5.92 Å². The van der Waals surface area contributed by atoms with Crippen LogP contribution in [0.5, 0.6) is 0 Å². The van der Waals surface area contributed by atoms with Crippen LogP contribution in [0.3, 0.4) is 0 Å². The van der Waals surface area contributed by atoms with E-state index in [0.717, 1.165) is 16.7 Å². The monoisotopic (exact) mass is 413 g/mol. The molecule has 1 saturated heterocycles. The molecule has 1 amide bonds. The van der Waals surface area contributed by atoms with Crippen LogP contribution in [0.25, 0.3) is 11.1 Å². The van der Waals surface area contributed by atoms with Crippen LogP contribution in [-0.2, 0) is 9.53 Å². The molecule has 0 radical (unpaired) electrons. The Kier molecular flexibility index (Phi) is 4.94. The van der Waals surface area contributed by atoms with Crippen LogP contribution in [0.15, 0.2) is 78.9 Å². The van der Waals surface area contributed by atoms with Gasteiger partial charge in [0.2, 0.25) is 0 Å². The number of aliphatic carboxylic acids is 1. The Morgan fingerprint density at radius 1 is 0.839 bits per heavy atom. The van der Waals surface area contributed by atoms with Gasteiger partial charge in [0.1, 0.15) is 6.61 Å². The summed E-state index contributed by atoms with van der Waals surface area (Å²) < 4.78 is 5.73. The summed E-state index contributed by atoms with van der Waals surface area (Å²) in [5.74, 6) is -1.77. The van der Waals surface area contributed by atoms with Crippen molar-refractivity contribution in [1.82, 2.24) is 4.90 Å². The van der Waals surface area contributed by atoms with Crippen LogP contribution in [0.4, 0.5) is 4.79 Å². The summed E-state index contributed by atoms with van der Waals surface area (Å²) in [5.41, 5.74) is 5.60. The average Bonchev–Trinajstić information content (AvgIpc) is 3.39. The molecule has 156 valence electrons. The van der Waals surface area contributed by atoms with Crippen LogP contribution in [0, 0.1) is 5.92 Å². The van der Waals surface area contributed by atoms with Crippen molar-refractivity contribution in [1.29, 1.82) is 0 Å². The quantitative estimate of drug-likeness (QED) is 0.671. The van der Waals surface area contributed by atoms with Crippen molar-refractivity contribution < 1.29 is 19.4 Å². The molecule has 1 fully saturated rings. The molecular weight excluding hydrogens is 390 g/mol. The van der Waals surface area contributed by atoms with E-state index in [2.05, 4.69) is 24.3 Å². The standard InChI is InChI=1S/C26H23NO4/c28-25(29)23-15-27(14-22(23)17-8-2-1-3-9-17)26(30)31-16-24-20-12-6-4-10-18(20)19-11-5-7-13-21(19)24/h1-13,22-24H,14-16H2,(H,28,29)/t22-,23+/m0/s1. The van der Waals surface area contributed by atoms with Gasteiger partial charge in [-0.1, -0.05) is 78.9 Å². The van der Waals surface area contributed by atoms with Gasteiger partial charge in [-0.2, -0.15) is 0 Å². The number of carbonyl (C=O) groups is 2. The fourth-order valence-electron chi connectivity index (χ4n) is 4.93. The van der Waals surface area contributed by atoms with E-state index in [4.69, 9.17) is 4.74 Å². The van der Waals surface area contributed by atoms with E-state index >= 15 is 0 Å². The lowest BCUT2D eigenvalue weighted by atomic mass is 9.89. The molecule has 3 aromatic carbocycles. The largest absolute Gasteiger partial charge is 0.481 e. The van der Waals surface area contributed by atoms with E-state index < -0.39 is 18.0 Å². The third-order valence-electron chi connectivity index (χ3n) is 6.46. The second kappa shape index (κ2) is 7.91. The lowest BCUT2D eigenvalue weighted by Crippen LogP contribution is -2.31. The van der Waals surface area contributed by atoms with E-state index in [1.807, 2.05) is 54.6 Å². The van der Waals surface area contributed by atoms with Gasteiger partial charge in [-0.3, -0.25) is 4.79 Å². The molecule has 3 aromatic rings. The molecule has 2 atom stereocenters. The summed E-state index contributed by atoms with van der Waals surface area (Å²) in [4.78, 5) is 26.2. The fourth-order valence-corrected chi connectivity index (χ4v) is 4.93. The summed E-state index contributed by atoms with van der Waals surface area (Å²) in [6.07, 6.45) is -0.452. The number of likely N-dealkylation sites (tertiary alicyclic amines) is 1. The van der Waals surface area contributed by atoms with E-state index in [1.54, 1.807) is 0 Å². The second-order valence-corrected chi connectivity index (χ2v) is 8.17. The van der Waals surface area contributed by atoms with Gasteiger partial charge in [0.25, 0.3) is 0 Å². The number of hydrogen-bond acceptors (Lipinski definition) is 3. The summed E-state index contributed by atoms with van der Waals surface area (Å²) in [7, 11) is 0. The summed E-state index contributed by atoms with van der Waals surface area (Å²) in [6.45, 7) is 0.736. The topological polar surface area (TPSA) is 66.8 Å². The van der Waals surface area contributed by atoms with E-state index in [-0.39, 0.29) is 25.0 Å². The minimum atomic E-state index is -0.886. The van der Waals surface area contributed by atoms with Gasteiger partial charge in [-0.05, 0) is 27.8 Å². The van der Waals surface area contributed by atoms with Crippen molar-refractivity contribution in [3.05, 3.63) is 95.6 Å². The molecule has 5 rings (SSSR count). The average molecular weight is 413 g/mol. The molecule has 2 aliphatic rings. The number of benzene rings is 3. The number of amides is 1. The number of rotatable bonds is 4. The first-order chi connectivity index (χ1) is 15.1. The number of hydrogen-bond donors (Lipinski definition) is 1. The van der Waals surface area contributed by atoms with Gasteiger partial charge >= 0.3 is 12.1 Å². The normalized spacial score (nSPS) is 19.7. The van der Waals surface area contributed by atoms with Crippen LogP contribution < -0.4 is 0 Å². The molecule has 0 aromatic heterocycles. The summed E-state index contributed by atoms with van der Waals surface area (Å²) >= 11 is 0. The molecule has 5 nitrogen and oxygen atoms in total. The lowest BCUT2D eigenvalue weighted by Gasteiger charge is -2.19. The zero-order valence-electron chi connectivity index (χ0n) is 17.0. The predicted octanol–water partition coefficient (Wildman–Crippen LogP) is 4.74. The SMILES string of the molecule is O=C(O)[C@@H]1CN(C(=O)OCC2c3ccccc3-c3ccccc32)C[C@H]1c1ccccc1. The maximum absolute atomic E-state index is 12.9. The fraction of sp³-hybridized carbons (Fsp3) is 0.231. The zero-order valence-corrected chi connectivity index (χ0v) is 17.0. The molecular formula is C26H23NO4. The highest BCUT2D eigenvalue weighted by molar-refractivity contribution is 5.79. The molecule has 1 aliphatic carbocycles. The minimum absolute atomic E-state index is 0.0147. The van der Waals surface area contributed by atoms with Crippen molar-refractivity contribution in [3.8, 4) is 11.1 Å². The Morgan fingerprint density at radius 3 is 2.03 bits per heavy atom. The second-order valence-electron chi connectivity index (χ2n) is 8.17. The molecule has 1 heterocycles. The number of carboxylic acids is 1. The van der Waals surface area contributed by atoms with E-state index in [1.165, 1.54) is 16.0 Å². The van der Waals surface area contributed by atoms with Gasteiger partial charge in [-0.15, -0.1) is 0 Å². The van der Waals surface area contributed by atoms with Crippen LogP contribution in [0.2, 0.25) is 0 Å². The third kappa shape index (κ3) is 3.46. The smallest absolute Gasteiger partial charge is 0.409 e. The summed E-state index contributed by atoms with van der Waals surface area (Å²) in [5, 5.41) is 9.69. The number of carbonyl (C=O) groups excluding carboxylic acids is 1. The van der Waals surface area contributed by atoms with Crippen LogP contribution >= 0.6 is 0 Å². The zero-order chi connectivity index (χ0) is 21.4. The Morgan fingerprint density at radius 2 is 1.42 bits per heavy atom. The summed E-state index contributed by atoms with van der Waals surface area (Å²) in [6, 6.07) is 25.9. The predicted molar refractivity (Wildman–Crippen MR) is 117 cm³/mol. The van der Waals surface area contributed by atoms with Crippen molar-refractivity contribution in [2.75, 3.05) is 19.7 Å². The maximum Gasteiger partial charge on any atom is 0.409 e. The molecule has 1 aliphatic heterocycles. The highest BCUT2D eigenvalue weighted by atomic mass is 16.6. The van der Waals surface area contributed by atoms with E-state index in [9.17, 15) is 14.7 Å². The molecule has 1 N–H and O–H groups in total. The number of nitrogens with zero attached hydrogens (tertiary/aromatic N) is 1. The molecule has 0 unspecified atom stereocenters. The number of ether oxygens (including phenoxy) is 1. The van der Waals surface area contributed by atoms with Gasteiger partial charge in [0.05, 0.1) is 5.92 Å². The molecule has 0 saturated carbocycles. The van der Waals surface area contributed by atoms with Gasteiger partial charge < -0.3 is 14.7 Å². The third-order valence-corrected chi connectivity index (χ3v) is 6.46. The Bertz CT molecular complexity index is 1080. The molecule has 31 heavy (non-hydrogen) atoms. The first-order valence-corrected chi connectivity index (χ1v) is 10.5. The Hall–Kier alpha value is -3.60. The first-order valence-electron chi connectivity index (χ1n) is 10.5. The van der Waals surface area contributed by atoms with Gasteiger partial charge in [0, 0.05) is 24.9 Å². The lowest BCUT2D eigenvalue weighted by molar-refractivity contribution is -0.141. The number of carboxylic acid groups (broad SMARTS) is 1. The molecule has 5 heteroatoms. The molecule has 0 spiro atoms. The highest BCUT2D eigenvalue weighted by Crippen LogP contribution is 2.44. The Labute approximate surface area is 180 Å². The van der Waals surface area contributed by atoms with Gasteiger partial charge in [0.15, 0.2) is 0 Å². The van der Waals surface area contributed by atoms with Crippen molar-refractivity contribution in [2.45, 2.75) is 11.8 Å². The Balaban J connectivity index is 1.32. The molecule has 0 bridgehead atoms. The van der Waals surface area contributed by atoms with Gasteiger partial charge in [-0.25, -0.2) is 4.79 Å². The van der Waals surface area contributed by atoms with Crippen LogP contribution in [-0.4, -0.2) is 41.8 Å². The van der Waals surface area contributed by atoms with E-state index in [0.29, 0.717) is 6.54 Å². The highest BCUT2D eigenvalue weighted by Gasteiger charge is 2.41. The number of fused-ring (bicyclic) bond motifs is 3. The first kappa shape index (κ1) is 19.4. The van der Waals surface area contributed by atoms with Crippen molar-refractivity contribution in [3.63, 3.8) is 0 Å². The minimum Gasteiger partial charge on any atom is -0.481 e.